The Balaban J connectivity index is 2.25. The summed E-state index contributed by atoms with van der Waals surface area (Å²) in [6.45, 7) is 0.0604. The van der Waals surface area contributed by atoms with Gasteiger partial charge in [-0.15, -0.1) is 0 Å². The molecule has 1 atom stereocenters. The van der Waals surface area contributed by atoms with Crippen LogP contribution >= 0.6 is 0 Å². The molecule has 1 aromatic heterocycles. The van der Waals surface area contributed by atoms with E-state index < -0.39 is 18.0 Å². The second kappa shape index (κ2) is 7.28. The fourth-order valence-corrected chi connectivity index (χ4v) is 1.33. The molecule has 100 valence electrons. The Morgan fingerprint density at radius 3 is 2.83 bits per heavy atom. The van der Waals surface area contributed by atoms with Crippen LogP contribution in [0.5, 0.6) is 0 Å². The predicted octanol–water partition coefficient (Wildman–Crippen LogP) is -0.913. The first-order chi connectivity index (χ1) is 8.63. The van der Waals surface area contributed by atoms with Crippen LogP contribution in [0.15, 0.2) is 12.5 Å². The van der Waals surface area contributed by atoms with Crippen molar-refractivity contribution in [3.63, 3.8) is 0 Å². The lowest BCUT2D eigenvalue weighted by Crippen LogP contribution is -2.46. The van der Waals surface area contributed by atoms with Gasteiger partial charge in [-0.2, -0.15) is 0 Å². The zero-order chi connectivity index (χ0) is 13.4. The number of hydrogen-bond donors (Lipinski definition) is 5. The first-order valence-corrected chi connectivity index (χ1v) is 5.48. The largest absolute Gasteiger partial charge is 0.480 e. The Morgan fingerprint density at radius 1 is 1.50 bits per heavy atom. The van der Waals surface area contributed by atoms with E-state index in [0.717, 1.165) is 5.69 Å². The molecule has 0 aromatic carbocycles. The van der Waals surface area contributed by atoms with Gasteiger partial charge in [-0.3, -0.25) is 0 Å². The highest BCUT2D eigenvalue weighted by atomic mass is 16.4. The van der Waals surface area contributed by atoms with Crippen molar-refractivity contribution < 1.29 is 19.8 Å². The molecule has 8 nitrogen and oxygen atoms in total. The molecule has 1 rings (SSSR count). The number of carboxylic acids is 1. The summed E-state index contributed by atoms with van der Waals surface area (Å²) in [5, 5.41) is 22.2. The zero-order valence-corrected chi connectivity index (χ0v) is 9.72. The number of nitrogens with zero attached hydrogens (tertiary/aromatic N) is 1. The highest BCUT2D eigenvalue weighted by Crippen LogP contribution is 1.92. The van der Waals surface area contributed by atoms with E-state index in [0.29, 0.717) is 13.0 Å². The van der Waals surface area contributed by atoms with Crippen LogP contribution in [0.1, 0.15) is 12.1 Å². The minimum absolute atomic E-state index is 0.0245. The van der Waals surface area contributed by atoms with Gasteiger partial charge in [0.1, 0.15) is 6.04 Å². The van der Waals surface area contributed by atoms with Crippen LogP contribution in [0.3, 0.4) is 0 Å². The molecule has 0 saturated carbocycles. The summed E-state index contributed by atoms with van der Waals surface area (Å²) in [6, 6.07) is -1.66. The number of aliphatic hydroxyl groups excluding tert-OH is 1. The van der Waals surface area contributed by atoms with E-state index in [1.165, 1.54) is 6.33 Å². The third kappa shape index (κ3) is 4.83. The molecule has 8 heteroatoms. The number of carbonyl (C=O) groups is 2. The standard InChI is InChI=1S/C10H16N4O4/c15-4-2-8(9(16)17)14-10(18)12-3-1-7-5-11-6-13-7/h5-6,8,15H,1-4H2,(H,11,13)(H,16,17)(H2,12,14,18)/t8-/m1/s1. The molecule has 0 aliphatic heterocycles. The number of aromatic amines is 1. The third-order valence-corrected chi connectivity index (χ3v) is 2.26. The molecule has 0 aliphatic rings. The summed E-state index contributed by atoms with van der Waals surface area (Å²) in [7, 11) is 0. The van der Waals surface area contributed by atoms with Crippen LogP contribution in [0.25, 0.3) is 0 Å². The summed E-state index contributed by atoms with van der Waals surface area (Å²) >= 11 is 0. The van der Waals surface area contributed by atoms with Gasteiger partial charge in [0.15, 0.2) is 0 Å². The maximum Gasteiger partial charge on any atom is 0.326 e. The van der Waals surface area contributed by atoms with Crippen LogP contribution < -0.4 is 10.6 Å². The Morgan fingerprint density at radius 2 is 2.28 bits per heavy atom. The number of H-pyrrole nitrogens is 1. The number of amides is 2. The van der Waals surface area contributed by atoms with Crippen LogP contribution in [-0.2, 0) is 11.2 Å². The number of carboxylic acid groups (broad SMARTS) is 1. The molecule has 18 heavy (non-hydrogen) atoms. The fourth-order valence-electron chi connectivity index (χ4n) is 1.33. The maximum atomic E-state index is 11.4. The Hall–Kier alpha value is -2.09. The minimum Gasteiger partial charge on any atom is -0.480 e. The van der Waals surface area contributed by atoms with Crippen LogP contribution in [0.2, 0.25) is 0 Å². The minimum atomic E-state index is -1.17. The number of rotatable bonds is 7. The Bertz CT molecular complexity index is 379. The number of aliphatic carboxylic acids is 1. The molecule has 0 saturated heterocycles. The lowest BCUT2D eigenvalue weighted by molar-refractivity contribution is -0.139. The van der Waals surface area contributed by atoms with Gasteiger partial charge in [0.2, 0.25) is 0 Å². The molecule has 2 amide bonds. The van der Waals surface area contributed by atoms with E-state index >= 15 is 0 Å². The van der Waals surface area contributed by atoms with Gasteiger partial charge in [-0.25, -0.2) is 14.6 Å². The predicted molar refractivity (Wildman–Crippen MR) is 62.0 cm³/mol. The summed E-state index contributed by atoms with van der Waals surface area (Å²) in [4.78, 5) is 28.8. The summed E-state index contributed by atoms with van der Waals surface area (Å²) in [5.41, 5.74) is 0.875. The lowest BCUT2D eigenvalue weighted by atomic mass is 10.2. The van der Waals surface area contributed by atoms with Gasteiger partial charge in [0.25, 0.3) is 0 Å². The van der Waals surface area contributed by atoms with Gasteiger partial charge in [0, 0.05) is 37.9 Å². The topological polar surface area (TPSA) is 127 Å². The molecule has 0 unspecified atom stereocenters. The van der Waals surface area contributed by atoms with E-state index in [-0.39, 0.29) is 13.0 Å². The van der Waals surface area contributed by atoms with Crippen LogP contribution in [0, 0.1) is 0 Å². The molecule has 5 N–H and O–H groups in total. The Kier molecular flexibility index (Phi) is 5.65. The summed E-state index contributed by atoms with van der Waals surface area (Å²) < 4.78 is 0. The quantitative estimate of drug-likeness (QED) is 0.431. The van der Waals surface area contributed by atoms with Gasteiger partial charge < -0.3 is 25.8 Å². The van der Waals surface area contributed by atoms with Crippen molar-refractivity contribution in [2.75, 3.05) is 13.2 Å². The molecule has 1 aromatic rings. The molecular weight excluding hydrogens is 240 g/mol. The number of nitrogens with one attached hydrogen (secondary N) is 3. The van der Waals surface area contributed by atoms with Crippen molar-refractivity contribution >= 4 is 12.0 Å². The molecule has 0 radical (unpaired) electrons. The Labute approximate surface area is 103 Å². The number of carbonyl (C=O) groups excluding carboxylic acids is 1. The molecule has 0 spiro atoms. The van der Waals surface area contributed by atoms with E-state index in [1.807, 2.05) is 0 Å². The molecule has 0 aliphatic carbocycles. The smallest absolute Gasteiger partial charge is 0.326 e. The SMILES string of the molecule is O=C(NCCc1cnc[nH]1)N[C@H](CCO)C(=O)O. The molecule has 0 bridgehead atoms. The highest BCUT2D eigenvalue weighted by Gasteiger charge is 2.18. The van der Waals surface area contributed by atoms with Crippen LogP contribution in [0.4, 0.5) is 4.79 Å². The third-order valence-electron chi connectivity index (χ3n) is 2.26. The van der Waals surface area contributed by atoms with Crippen molar-refractivity contribution in [1.82, 2.24) is 20.6 Å². The van der Waals surface area contributed by atoms with Crippen molar-refractivity contribution in [2.45, 2.75) is 18.9 Å². The van der Waals surface area contributed by atoms with Gasteiger partial charge in [0.05, 0.1) is 6.33 Å². The molecular formula is C10H16N4O4. The highest BCUT2D eigenvalue weighted by molar-refractivity contribution is 5.82. The number of hydrogen-bond acceptors (Lipinski definition) is 4. The van der Waals surface area contributed by atoms with Crippen molar-refractivity contribution in [3.05, 3.63) is 18.2 Å². The second-order valence-corrected chi connectivity index (χ2v) is 3.63. The van der Waals surface area contributed by atoms with Gasteiger partial charge >= 0.3 is 12.0 Å². The van der Waals surface area contributed by atoms with Crippen molar-refractivity contribution in [1.29, 1.82) is 0 Å². The number of imidazole rings is 1. The van der Waals surface area contributed by atoms with Crippen molar-refractivity contribution in [2.24, 2.45) is 0 Å². The lowest BCUT2D eigenvalue weighted by Gasteiger charge is -2.13. The van der Waals surface area contributed by atoms with E-state index in [4.69, 9.17) is 10.2 Å². The normalized spacial score (nSPS) is 11.8. The summed E-state index contributed by atoms with van der Waals surface area (Å²) in [5.74, 6) is -1.17. The number of aromatic nitrogens is 2. The van der Waals surface area contributed by atoms with E-state index in [9.17, 15) is 9.59 Å². The maximum absolute atomic E-state index is 11.4. The fraction of sp³-hybridized carbons (Fsp3) is 0.500. The van der Waals surface area contributed by atoms with Gasteiger partial charge in [-0.1, -0.05) is 0 Å². The first kappa shape index (κ1) is 14.0. The summed E-state index contributed by atoms with van der Waals surface area (Å²) in [6.07, 6.45) is 3.73. The zero-order valence-electron chi connectivity index (χ0n) is 9.72. The van der Waals surface area contributed by atoms with Crippen molar-refractivity contribution in [3.8, 4) is 0 Å². The average Bonchev–Trinajstić information content (AvgIpc) is 2.81. The number of urea groups is 1. The number of aliphatic hydroxyl groups is 1. The van der Waals surface area contributed by atoms with Gasteiger partial charge in [-0.05, 0) is 0 Å². The van der Waals surface area contributed by atoms with E-state index in [2.05, 4.69) is 20.6 Å². The second-order valence-electron chi connectivity index (χ2n) is 3.63. The first-order valence-electron chi connectivity index (χ1n) is 5.48. The monoisotopic (exact) mass is 256 g/mol. The average molecular weight is 256 g/mol. The molecule has 0 fully saturated rings. The van der Waals surface area contributed by atoms with Crippen LogP contribution in [-0.4, -0.2) is 51.4 Å². The molecule has 1 heterocycles. The van der Waals surface area contributed by atoms with E-state index in [1.54, 1.807) is 6.20 Å².